The minimum absolute atomic E-state index is 0.229. The molecule has 1 aliphatic heterocycles. The third-order valence-electron chi connectivity index (χ3n) is 4.78. The largest absolute Gasteiger partial charge is 0.489 e. The highest BCUT2D eigenvalue weighted by Gasteiger charge is 2.13. The molecule has 2 heterocycles. The molecule has 3 N–H and O–H groups in total. The molecule has 30 heavy (non-hydrogen) atoms. The quantitative estimate of drug-likeness (QED) is 0.493. The fourth-order valence-corrected chi connectivity index (χ4v) is 3.16. The lowest BCUT2D eigenvalue weighted by molar-refractivity contribution is 0.173. The number of aryl methyl sites for hydroxylation is 2. The number of fused-ring (bicyclic) bond motifs is 1. The summed E-state index contributed by atoms with van der Waals surface area (Å²) in [7, 11) is 0. The van der Waals surface area contributed by atoms with Gasteiger partial charge in [0.05, 0.1) is 6.20 Å². The van der Waals surface area contributed by atoms with Gasteiger partial charge in [0.25, 0.3) is 0 Å². The molecule has 0 atom stereocenters. The van der Waals surface area contributed by atoms with E-state index in [4.69, 9.17) is 14.2 Å². The number of ether oxygens (including phenoxy) is 3. The van der Waals surface area contributed by atoms with Crippen LogP contribution < -0.4 is 24.8 Å². The van der Waals surface area contributed by atoms with E-state index in [-0.39, 0.29) is 12.8 Å². The van der Waals surface area contributed by atoms with Crippen molar-refractivity contribution in [1.29, 1.82) is 0 Å². The minimum atomic E-state index is -0.229. The van der Waals surface area contributed by atoms with Gasteiger partial charge in [0, 0.05) is 24.0 Å². The zero-order chi connectivity index (χ0) is 20.8. The summed E-state index contributed by atoms with van der Waals surface area (Å²) in [6.45, 7) is 3.19. The average molecular weight is 408 g/mol. The summed E-state index contributed by atoms with van der Waals surface area (Å²) >= 11 is 0. The van der Waals surface area contributed by atoms with Crippen LogP contribution >= 0.6 is 0 Å². The van der Waals surface area contributed by atoms with Crippen LogP contribution in [0.5, 0.6) is 17.2 Å². The molecule has 0 fully saturated rings. The summed E-state index contributed by atoms with van der Waals surface area (Å²) in [5.41, 5.74) is 3.90. The number of hydrogen-bond acceptors (Lipinski definition) is 5. The van der Waals surface area contributed by atoms with Crippen molar-refractivity contribution in [1.82, 2.24) is 15.5 Å². The number of anilines is 1. The van der Waals surface area contributed by atoms with E-state index in [0.717, 1.165) is 29.8 Å². The van der Waals surface area contributed by atoms with Gasteiger partial charge >= 0.3 is 6.03 Å². The molecule has 3 aromatic rings. The Morgan fingerprint density at radius 2 is 2.10 bits per heavy atom. The number of urea groups is 1. The normalized spacial score (nSPS) is 11.9. The fraction of sp³-hybridized carbons (Fsp3) is 0.273. The number of aromatic amines is 1. The molecule has 156 valence electrons. The Hall–Kier alpha value is -3.68. The van der Waals surface area contributed by atoms with Gasteiger partial charge in [-0.2, -0.15) is 5.10 Å². The van der Waals surface area contributed by atoms with Gasteiger partial charge in [0.2, 0.25) is 6.79 Å². The van der Waals surface area contributed by atoms with Crippen molar-refractivity contribution >= 4 is 11.7 Å². The van der Waals surface area contributed by atoms with E-state index in [1.807, 2.05) is 55.6 Å². The highest BCUT2D eigenvalue weighted by molar-refractivity contribution is 5.89. The van der Waals surface area contributed by atoms with Crippen molar-refractivity contribution in [2.75, 3.05) is 18.7 Å². The van der Waals surface area contributed by atoms with Crippen LogP contribution in [0.15, 0.2) is 48.7 Å². The zero-order valence-electron chi connectivity index (χ0n) is 16.7. The summed E-state index contributed by atoms with van der Waals surface area (Å²) in [4.78, 5) is 12.1. The number of nitrogens with one attached hydrogen (secondary N) is 3. The fourth-order valence-electron chi connectivity index (χ4n) is 3.16. The van der Waals surface area contributed by atoms with E-state index >= 15 is 0 Å². The molecule has 4 rings (SSSR count). The second-order valence-electron chi connectivity index (χ2n) is 7.01. The van der Waals surface area contributed by atoms with Gasteiger partial charge in [0.15, 0.2) is 11.5 Å². The standard InChI is InChI=1S/C22H24N4O4/c1-15-17(12-24-26-15)5-3-9-23-22(27)25-18-6-2-4-16(10-18)13-28-19-7-8-20-21(11-19)30-14-29-20/h2,4,6-8,10-12H,3,5,9,13-14H2,1H3,(H,24,26)(H2,23,25,27). The number of amides is 2. The summed E-state index contributed by atoms with van der Waals surface area (Å²) in [5.74, 6) is 2.10. The van der Waals surface area contributed by atoms with E-state index in [9.17, 15) is 4.79 Å². The van der Waals surface area contributed by atoms with Crippen LogP contribution in [0, 0.1) is 6.92 Å². The van der Waals surface area contributed by atoms with E-state index in [1.165, 1.54) is 5.56 Å². The third-order valence-corrected chi connectivity index (χ3v) is 4.78. The number of carbonyl (C=O) groups excluding carboxylic acids is 1. The van der Waals surface area contributed by atoms with Crippen LogP contribution in [0.1, 0.15) is 23.2 Å². The van der Waals surface area contributed by atoms with Crippen LogP contribution in [0.25, 0.3) is 0 Å². The Labute approximate surface area is 174 Å². The van der Waals surface area contributed by atoms with Crippen LogP contribution in [0.2, 0.25) is 0 Å². The highest BCUT2D eigenvalue weighted by Crippen LogP contribution is 2.35. The van der Waals surface area contributed by atoms with Crippen molar-refractivity contribution in [2.45, 2.75) is 26.4 Å². The van der Waals surface area contributed by atoms with Crippen molar-refractivity contribution in [2.24, 2.45) is 0 Å². The molecular weight excluding hydrogens is 384 g/mol. The minimum Gasteiger partial charge on any atom is -0.489 e. The maximum absolute atomic E-state index is 12.1. The summed E-state index contributed by atoms with van der Waals surface area (Å²) in [6, 6.07) is 12.8. The van der Waals surface area contributed by atoms with Gasteiger partial charge in [-0.25, -0.2) is 4.79 Å². The first-order chi connectivity index (χ1) is 14.7. The maximum Gasteiger partial charge on any atom is 0.319 e. The van der Waals surface area contributed by atoms with Crippen molar-refractivity contribution in [3.05, 3.63) is 65.5 Å². The van der Waals surface area contributed by atoms with Crippen molar-refractivity contribution in [3.8, 4) is 17.2 Å². The molecule has 0 unspecified atom stereocenters. The molecule has 1 aromatic heterocycles. The van der Waals surface area contributed by atoms with Crippen LogP contribution in [0.3, 0.4) is 0 Å². The van der Waals surface area contributed by atoms with E-state index in [1.54, 1.807) is 0 Å². The number of aromatic nitrogens is 2. The molecule has 8 heteroatoms. The van der Waals surface area contributed by atoms with Crippen LogP contribution in [0.4, 0.5) is 10.5 Å². The zero-order valence-corrected chi connectivity index (χ0v) is 16.7. The van der Waals surface area contributed by atoms with Gasteiger partial charge in [-0.15, -0.1) is 0 Å². The topological polar surface area (TPSA) is 97.5 Å². The SMILES string of the molecule is Cc1[nH]ncc1CCCNC(=O)Nc1cccc(COc2ccc3c(c2)OCO3)c1. The lowest BCUT2D eigenvalue weighted by atomic mass is 10.1. The number of benzene rings is 2. The molecule has 0 spiro atoms. The molecule has 2 amide bonds. The molecule has 0 bridgehead atoms. The van der Waals surface area contributed by atoms with Gasteiger partial charge in [-0.1, -0.05) is 12.1 Å². The number of nitrogens with zero attached hydrogens (tertiary/aromatic N) is 1. The Balaban J connectivity index is 1.22. The van der Waals surface area contributed by atoms with E-state index in [2.05, 4.69) is 20.8 Å². The predicted molar refractivity (Wildman–Crippen MR) is 112 cm³/mol. The Kier molecular flexibility index (Phi) is 6.03. The summed E-state index contributed by atoms with van der Waals surface area (Å²) in [5, 5.41) is 12.7. The third kappa shape index (κ3) is 5.02. The molecule has 0 saturated heterocycles. The Morgan fingerprint density at radius 3 is 2.97 bits per heavy atom. The van der Waals surface area contributed by atoms with Crippen molar-refractivity contribution < 1.29 is 19.0 Å². The smallest absolute Gasteiger partial charge is 0.319 e. The van der Waals surface area contributed by atoms with Gasteiger partial charge in [0.1, 0.15) is 12.4 Å². The first kappa shape index (κ1) is 19.6. The first-order valence-electron chi connectivity index (χ1n) is 9.82. The Morgan fingerprint density at radius 1 is 1.20 bits per heavy atom. The molecule has 2 aromatic carbocycles. The molecule has 0 saturated carbocycles. The Bertz CT molecular complexity index is 1020. The molecule has 8 nitrogen and oxygen atoms in total. The van der Waals surface area contributed by atoms with Gasteiger partial charge in [-0.3, -0.25) is 5.10 Å². The molecule has 1 aliphatic rings. The second-order valence-corrected chi connectivity index (χ2v) is 7.01. The van der Waals surface area contributed by atoms with Crippen LogP contribution in [-0.2, 0) is 13.0 Å². The van der Waals surface area contributed by atoms with Crippen molar-refractivity contribution in [3.63, 3.8) is 0 Å². The molecule has 0 radical (unpaired) electrons. The molecular formula is C22H24N4O4. The monoisotopic (exact) mass is 408 g/mol. The average Bonchev–Trinajstić information content (AvgIpc) is 3.38. The number of rotatable bonds is 8. The summed E-state index contributed by atoms with van der Waals surface area (Å²) in [6.07, 6.45) is 3.54. The number of hydrogen-bond donors (Lipinski definition) is 3. The predicted octanol–water partition coefficient (Wildman–Crippen LogP) is 3.78. The highest BCUT2D eigenvalue weighted by atomic mass is 16.7. The first-order valence-corrected chi connectivity index (χ1v) is 9.82. The van der Waals surface area contributed by atoms with Gasteiger partial charge in [-0.05, 0) is 55.2 Å². The van der Waals surface area contributed by atoms with E-state index < -0.39 is 0 Å². The van der Waals surface area contributed by atoms with Gasteiger partial charge < -0.3 is 24.8 Å². The number of carbonyl (C=O) groups is 1. The lowest BCUT2D eigenvalue weighted by Gasteiger charge is -2.10. The molecule has 0 aliphatic carbocycles. The number of H-pyrrole nitrogens is 1. The van der Waals surface area contributed by atoms with E-state index in [0.29, 0.717) is 30.3 Å². The lowest BCUT2D eigenvalue weighted by Crippen LogP contribution is -2.29. The maximum atomic E-state index is 12.1. The van der Waals surface area contributed by atoms with Crippen LogP contribution in [-0.4, -0.2) is 29.6 Å². The summed E-state index contributed by atoms with van der Waals surface area (Å²) < 4.78 is 16.5. The second kappa shape index (κ2) is 9.21.